The van der Waals surface area contributed by atoms with Gasteiger partial charge in [-0.1, -0.05) is 0 Å². The monoisotopic (exact) mass is 288 g/mol. The molecule has 1 aliphatic heterocycles. The third-order valence-electron chi connectivity index (χ3n) is 3.10. The van der Waals surface area contributed by atoms with Crippen molar-refractivity contribution in [2.45, 2.75) is 19.8 Å². The molecule has 0 saturated heterocycles. The van der Waals surface area contributed by atoms with Gasteiger partial charge in [-0.2, -0.15) is 0 Å². The number of nitrogens with one attached hydrogen (secondary N) is 1. The van der Waals surface area contributed by atoms with E-state index in [2.05, 4.69) is 10.3 Å². The minimum Gasteiger partial charge on any atom is -0.486 e. The lowest BCUT2D eigenvalue weighted by Gasteiger charge is -2.18. The van der Waals surface area contributed by atoms with E-state index in [9.17, 15) is 4.79 Å². The molecule has 1 N–H and O–H groups in total. The molecule has 1 aromatic heterocycles. The highest BCUT2D eigenvalue weighted by atomic mass is 16.6. The van der Waals surface area contributed by atoms with Gasteiger partial charge in [-0.05, 0) is 12.1 Å². The molecule has 2 heterocycles. The predicted octanol–water partition coefficient (Wildman–Crippen LogP) is 2.33. The average Bonchev–Trinajstić information content (AvgIpc) is 2.91. The Labute approximate surface area is 122 Å². The number of oxazole rings is 1. The van der Waals surface area contributed by atoms with E-state index in [1.165, 1.54) is 0 Å². The molecule has 0 spiro atoms. The Bertz CT molecular complexity index is 651. The number of amides is 1. The van der Waals surface area contributed by atoms with Crippen LogP contribution in [0.15, 0.2) is 28.9 Å². The van der Waals surface area contributed by atoms with Gasteiger partial charge in [0.05, 0.1) is 5.69 Å². The van der Waals surface area contributed by atoms with Crippen molar-refractivity contribution in [3.05, 3.63) is 36.0 Å². The maximum absolute atomic E-state index is 11.9. The number of rotatable bonds is 4. The third kappa shape index (κ3) is 3.34. The van der Waals surface area contributed by atoms with Crippen LogP contribution >= 0.6 is 0 Å². The second-order valence-electron chi connectivity index (χ2n) is 4.76. The second-order valence-corrected chi connectivity index (χ2v) is 4.76. The highest BCUT2D eigenvalue weighted by Gasteiger charge is 2.13. The number of aryl methyl sites for hydroxylation is 2. The minimum absolute atomic E-state index is 0.0765. The van der Waals surface area contributed by atoms with Gasteiger partial charge in [0.25, 0.3) is 0 Å². The summed E-state index contributed by atoms with van der Waals surface area (Å²) in [7, 11) is 0. The van der Waals surface area contributed by atoms with E-state index in [0.29, 0.717) is 49.1 Å². The van der Waals surface area contributed by atoms with E-state index in [0.717, 1.165) is 5.69 Å². The van der Waals surface area contributed by atoms with Gasteiger partial charge in [-0.15, -0.1) is 0 Å². The van der Waals surface area contributed by atoms with Gasteiger partial charge in [0, 0.05) is 31.5 Å². The number of fused-ring (bicyclic) bond motifs is 1. The highest BCUT2D eigenvalue weighted by molar-refractivity contribution is 5.91. The number of benzene rings is 1. The summed E-state index contributed by atoms with van der Waals surface area (Å²) in [5, 5.41) is 2.84. The summed E-state index contributed by atoms with van der Waals surface area (Å²) in [6, 6.07) is 5.36. The largest absolute Gasteiger partial charge is 0.486 e. The fraction of sp³-hybridized carbons (Fsp3) is 0.333. The molecule has 0 bridgehead atoms. The standard InChI is InChI=1S/C15H16N2O4/c1-10-16-12(9-21-10)3-5-15(18)17-11-2-4-13-14(8-11)20-7-6-19-13/h2,4,8-9H,3,5-7H2,1H3,(H,17,18). The first-order valence-electron chi connectivity index (χ1n) is 6.81. The van der Waals surface area contributed by atoms with Gasteiger partial charge in [0.2, 0.25) is 5.91 Å². The Balaban J connectivity index is 1.57. The van der Waals surface area contributed by atoms with Crippen LogP contribution < -0.4 is 14.8 Å². The molecule has 2 aromatic rings. The molecule has 110 valence electrons. The number of anilines is 1. The number of hydrogen-bond acceptors (Lipinski definition) is 5. The second kappa shape index (κ2) is 5.87. The molecule has 0 atom stereocenters. The van der Waals surface area contributed by atoms with Crippen LogP contribution in [0.5, 0.6) is 11.5 Å². The van der Waals surface area contributed by atoms with Crippen LogP contribution in [0.25, 0.3) is 0 Å². The minimum atomic E-state index is -0.0765. The molecule has 3 rings (SSSR count). The molecule has 0 radical (unpaired) electrons. The van der Waals surface area contributed by atoms with E-state index in [4.69, 9.17) is 13.9 Å². The topological polar surface area (TPSA) is 73.6 Å². The Morgan fingerprint density at radius 2 is 2.10 bits per heavy atom. The fourth-order valence-corrected chi connectivity index (χ4v) is 2.11. The van der Waals surface area contributed by atoms with E-state index < -0.39 is 0 Å². The molecule has 6 heteroatoms. The number of aromatic nitrogens is 1. The zero-order chi connectivity index (χ0) is 14.7. The summed E-state index contributed by atoms with van der Waals surface area (Å²) in [6.07, 6.45) is 2.47. The van der Waals surface area contributed by atoms with Crippen molar-refractivity contribution in [2.75, 3.05) is 18.5 Å². The zero-order valence-electron chi connectivity index (χ0n) is 11.7. The third-order valence-corrected chi connectivity index (χ3v) is 3.10. The van der Waals surface area contributed by atoms with Crippen LogP contribution in [0, 0.1) is 6.92 Å². The van der Waals surface area contributed by atoms with Gasteiger partial charge >= 0.3 is 0 Å². The summed E-state index contributed by atoms with van der Waals surface area (Å²) < 4.78 is 16.0. The lowest BCUT2D eigenvalue weighted by Crippen LogP contribution is -2.16. The van der Waals surface area contributed by atoms with Crippen molar-refractivity contribution >= 4 is 11.6 Å². The summed E-state index contributed by atoms with van der Waals surface area (Å²) in [5.41, 5.74) is 1.48. The molecule has 1 aliphatic rings. The molecular formula is C15H16N2O4. The van der Waals surface area contributed by atoms with Crippen LogP contribution in [0.2, 0.25) is 0 Å². The SMILES string of the molecule is Cc1nc(CCC(=O)Nc2ccc3c(c2)OCCO3)co1. The predicted molar refractivity (Wildman–Crippen MR) is 75.6 cm³/mol. The van der Waals surface area contributed by atoms with Crippen molar-refractivity contribution in [1.82, 2.24) is 4.98 Å². The van der Waals surface area contributed by atoms with Crippen molar-refractivity contribution in [2.24, 2.45) is 0 Å². The molecule has 0 aliphatic carbocycles. The van der Waals surface area contributed by atoms with Crippen molar-refractivity contribution < 1.29 is 18.7 Å². The fourth-order valence-electron chi connectivity index (χ4n) is 2.11. The number of nitrogens with zero attached hydrogens (tertiary/aromatic N) is 1. The Morgan fingerprint density at radius 3 is 2.86 bits per heavy atom. The normalized spacial score (nSPS) is 13.0. The summed E-state index contributed by atoms with van der Waals surface area (Å²) in [6.45, 7) is 2.85. The van der Waals surface area contributed by atoms with Crippen LogP contribution in [0.3, 0.4) is 0 Å². The van der Waals surface area contributed by atoms with Crippen molar-refractivity contribution in [3.8, 4) is 11.5 Å². The lowest BCUT2D eigenvalue weighted by molar-refractivity contribution is -0.116. The molecular weight excluding hydrogens is 272 g/mol. The first kappa shape index (κ1) is 13.5. The zero-order valence-corrected chi connectivity index (χ0v) is 11.7. The molecule has 0 unspecified atom stereocenters. The van der Waals surface area contributed by atoms with Crippen molar-refractivity contribution in [3.63, 3.8) is 0 Å². The summed E-state index contributed by atoms with van der Waals surface area (Å²) in [5.74, 6) is 1.90. The Morgan fingerprint density at radius 1 is 1.29 bits per heavy atom. The van der Waals surface area contributed by atoms with E-state index >= 15 is 0 Å². The molecule has 1 aromatic carbocycles. The molecule has 0 fully saturated rings. The maximum atomic E-state index is 11.9. The summed E-state index contributed by atoms with van der Waals surface area (Å²) in [4.78, 5) is 16.1. The Kier molecular flexibility index (Phi) is 3.77. The molecule has 1 amide bonds. The number of hydrogen-bond donors (Lipinski definition) is 1. The van der Waals surface area contributed by atoms with E-state index in [1.54, 1.807) is 31.4 Å². The quantitative estimate of drug-likeness (QED) is 0.934. The van der Waals surface area contributed by atoms with E-state index in [1.807, 2.05) is 0 Å². The highest BCUT2D eigenvalue weighted by Crippen LogP contribution is 2.32. The number of carbonyl (C=O) groups excluding carboxylic acids is 1. The number of ether oxygens (including phenoxy) is 2. The van der Waals surface area contributed by atoms with Crippen LogP contribution in [0.4, 0.5) is 5.69 Å². The first-order valence-corrected chi connectivity index (χ1v) is 6.81. The van der Waals surface area contributed by atoms with Gasteiger partial charge in [0.1, 0.15) is 19.5 Å². The molecule has 6 nitrogen and oxygen atoms in total. The number of carbonyl (C=O) groups is 1. The molecule has 0 saturated carbocycles. The summed E-state index contributed by atoms with van der Waals surface area (Å²) >= 11 is 0. The van der Waals surface area contributed by atoms with E-state index in [-0.39, 0.29) is 5.91 Å². The van der Waals surface area contributed by atoms with Crippen LogP contribution in [0.1, 0.15) is 18.0 Å². The van der Waals surface area contributed by atoms with Gasteiger partial charge < -0.3 is 19.2 Å². The van der Waals surface area contributed by atoms with Gasteiger partial charge in [-0.3, -0.25) is 4.79 Å². The van der Waals surface area contributed by atoms with Crippen LogP contribution in [-0.4, -0.2) is 24.1 Å². The lowest BCUT2D eigenvalue weighted by atomic mass is 10.2. The smallest absolute Gasteiger partial charge is 0.224 e. The Hall–Kier alpha value is -2.50. The van der Waals surface area contributed by atoms with Crippen molar-refractivity contribution in [1.29, 1.82) is 0 Å². The molecule has 21 heavy (non-hydrogen) atoms. The average molecular weight is 288 g/mol. The van der Waals surface area contributed by atoms with Gasteiger partial charge in [-0.25, -0.2) is 4.98 Å². The van der Waals surface area contributed by atoms with Crippen LogP contribution in [-0.2, 0) is 11.2 Å². The maximum Gasteiger partial charge on any atom is 0.224 e. The first-order chi connectivity index (χ1) is 10.2. The van der Waals surface area contributed by atoms with Gasteiger partial charge in [0.15, 0.2) is 17.4 Å².